The Morgan fingerprint density at radius 2 is 1.83 bits per heavy atom. The number of aryl methyl sites for hydroxylation is 1. The summed E-state index contributed by atoms with van der Waals surface area (Å²) in [5.74, 6) is 0.175. The predicted molar refractivity (Wildman–Crippen MR) is 110 cm³/mol. The molecule has 2 heterocycles. The molecule has 7 nitrogen and oxygen atoms in total. The van der Waals surface area contributed by atoms with E-state index in [9.17, 15) is 17.8 Å². The van der Waals surface area contributed by atoms with Crippen LogP contribution in [0.1, 0.15) is 24.0 Å². The fraction of sp³-hybridized carbons (Fsp3) is 0.273. The molecular formula is C22H25N3O4S. The number of hydrogen-bond donors (Lipinski definition) is 1. The van der Waals surface area contributed by atoms with E-state index in [0.717, 1.165) is 25.1 Å². The van der Waals surface area contributed by atoms with Gasteiger partial charge in [0.25, 0.3) is 0 Å². The minimum absolute atomic E-state index is 0.175. The Morgan fingerprint density at radius 1 is 1.13 bits per heavy atom. The molecule has 158 valence electrons. The Hall–Kier alpha value is -2.97. The molecule has 8 heteroatoms. The zero-order chi connectivity index (χ0) is 21.6. The summed E-state index contributed by atoms with van der Waals surface area (Å²) in [6.07, 6.45) is 7.83. The van der Waals surface area contributed by atoms with Crippen LogP contribution < -0.4 is 9.88 Å². The average molecular weight is 428 g/mol. The maximum atomic E-state index is 11.2. The van der Waals surface area contributed by atoms with E-state index in [1.807, 2.05) is 13.0 Å². The highest BCUT2D eigenvalue weighted by Crippen LogP contribution is 2.09. The van der Waals surface area contributed by atoms with Gasteiger partial charge in [-0.3, -0.25) is 4.79 Å². The highest BCUT2D eigenvalue weighted by atomic mass is 32.2. The molecule has 1 saturated heterocycles. The highest BCUT2D eigenvalue weighted by Gasteiger charge is 2.22. The molecule has 2 aromatic carbocycles. The van der Waals surface area contributed by atoms with Gasteiger partial charge in [0.1, 0.15) is 35.6 Å². The van der Waals surface area contributed by atoms with E-state index in [4.69, 9.17) is 0 Å². The molecule has 4 rings (SSSR count). The maximum Gasteiger partial charge on any atom is 0.244 e. The van der Waals surface area contributed by atoms with Gasteiger partial charge >= 0.3 is 0 Å². The van der Waals surface area contributed by atoms with Crippen molar-refractivity contribution in [2.75, 3.05) is 0 Å². The number of carbonyl (C=O) groups is 1. The zero-order valence-corrected chi connectivity index (χ0v) is 17.6. The molecule has 0 bridgehead atoms. The summed E-state index contributed by atoms with van der Waals surface area (Å²) in [4.78, 5) is 11.0. The summed E-state index contributed by atoms with van der Waals surface area (Å²) in [5.41, 5.74) is 2.22. The number of imidazole rings is 1. The van der Waals surface area contributed by atoms with Crippen molar-refractivity contribution in [2.45, 2.75) is 43.8 Å². The van der Waals surface area contributed by atoms with Gasteiger partial charge in [-0.1, -0.05) is 48.0 Å². The standard InChI is InChI=1S/C15H17N3O.C7H8O3S/c19-15-7-6-14(16-15)11-18-9-8-17(12-18)10-13-4-2-1-3-5-13;1-6-2-4-7(5-3-6)11(8,9)10/h1-5,8-9,12,14H,6-7,10-11H2;2-5H,1H3,(H,8,9,10)/t14-;/m0./s1. The summed E-state index contributed by atoms with van der Waals surface area (Å²) in [7, 11) is -4.27. The van der Waals surface area contributed by atoms with Crippen LogP contribution in [0, 0.1) is 6.92 Å². The molecule has 1 atom stereocenters. The molecule has 0 saturated carbocycles. The quantitative estimate of drug-likeness (QED) is 0.498. The monoisotopic (exact) mass is 427 g/mol. The van der Waals surface area contributed by atoms with Crippen LogP contribution in [0.2, 0.25) is 0 Å². The number of carbonyl (C=O) groups excluding carboxylic acids is 1. The van der Waals surface area contributed by atoms with Gasteiger partial charge in [0.15, 0.2) is 0 Å². The summed E-state index contributed by atoms with van der Waals surface area (Å²) < 4.78 is 35.5. The van der Waals surface area contributed by atoms with Crippen LogP contribution in [-0.2, 0) is 28.0 Å². The van der Waals surface area contributed by atoms with Gasteiger partial charge in [-0.05, 0) is 31.0 Å². The second kappa shape index (κ2) is 9.69. The predicted octanol–water partition coefficient (Wildman–Crippen LogP) is 2.00. The maximum absolute atomic E-state index is 11.2. The van der Waals surface area contributed by atoms with Crippen LogP contribution in [0.25, 0.3) is 0 Å². The Balaban J connectivity index is 0.000000199. The number of benzene rings is 2. The van der Waals surface area contributed by atoms with E-state index in [2.05, 4.69) is 57.4 Å². The lowest BCUT2D eigenvalue weighted by atomic mass is 10.2. The van der Waals surface area contributed by atoms with Gasteiger partial charge < -0.3 is 9.87 Å². The number of nitrogens with one attached hydrogen (secondary N) is 1. The summed E-state index contributed by atoms with van der Waals surface area (Å²) in [5, 5.41) is 2.99. The third-order valence-electron chi connectivity index (χ3n) is 4.78. The van der Waals surface area contributed by atoms with Crippen LogP contribution in [0.4, 0.5) is 0 Å². The Morgan fingerprint density at radius 3 is 2.43 bits per heavy atom. The molecule has 0 unspecified atom stereocenters. The average Bonchev–Trinajstić information content (AvgIpc) is 3.31. The smallest absolute Gasteiger partial charge is 0.244 e. The van der Waals surface area contributed by atoms with Gasteiger partial charge in [0.05, 0.1) is 10.9 Å². The van der Waals surface area contributed by atoms with Crippen molar-refractivity contribution in [1.29, 1.82) is 0 Å². The molecule has 1 amide bonds. The molecule has 1 aliphatic rings. The lowest BCUT2D eigenvalue weighted by Crippen LogP contribution is -2.33. The van der Waals surface area contributed by atoms with Gasteiger partial charge in [0.2, 0.25) is 12.2 Å². The van der Waals surface area contributed by atoms with Gasteiger partial charge in [0, 0.05) is 6.42 Å². The van der Waals surface area contributed by atoms with Crippen LogP contribution in [0.15, 0.2) is 78.2 Å². The summed E-state index contributed by atoms with van der Waals surface area (Å²) in [6, 6.07) is 16.5. The number of amides is 1. The summed E-state index contributed by atoms with van der Waals surface area (Å²) >= 11 is 0. The van der Waals surface area contributed by atoms with Crippen molar-refractivity contribution in [3.05, 3.63) is 84.4 Å². The third kappa shape index (κ3) is 6.53. The molecule has 1 fully saturated rings. The van der Waals surface area contributed by atoms with E-state index in [-0.39, 0.29) is 16.8 Å². The molecule has 1 N–H and O–H groups in total. The number of rotatable bonds is 5. The molecule has 1 aliphatic heterocycles. The molecule has 1 aromatic heterocycles. The third-order valence-corrected chi connectivity index (χ3v) is 5.63. The topological polar surface area (TPSA) is 95.1 Å². The molecule has 30 heavy (non-hydrogen) atoms. The Kier molecular flexibility index (Phi) is 7.02. The van der Waals surface area contributed by atoms with Crippen molar-refractivity contribution in [2.24, 2.45) is 0 Å². The first kappa shape index (κ1) is 21.7. The van der Waals surface area contributed by atoms with Crippen LogP contribution >= 0.6 is 0 Å². The highest BCUT2D eigenvalue weighted by molar-refractivity contribution is 7.85. The van der Waals surface area contributed by atoms with Crippen molar-refractivity contribution < 1.29 is 22.3 Å². The van der Waals surface area contributed by atoms with E-state index >= 15 is 0 Å². The van der Waals surface area contributed by atoms with Crippen molar-refractivity contribution in [1.82, 2.24) is 9.88 Å². The number of hydrogen-bond acceptors (Lipinski definition) is 4. The van der Waals surface area contributed by atoms with Gasteiger partial charge in [-0.25, -0.2) is 17.6 Å². The minimum atomic E-state index is -4.27. The lowest BCUT2D eigenvalue weighted by Gasteiger charge is -2.05. The second-order valence-electron chi connectivity index (χ2n) is 7.34. The molecule has 0 radical (unpaired) electrons. The Bertz CT molecular complexity index is 1080. The van der Waals surface area contributed by atoms with Crippen LogP contribution in [0.3, 0.4) is 0 Å². The minimum Gasteiger partial charge on any atom is -0.744 e. The zero-order valence-electron chi connectivity index (χ0n) is 16.8. The van der Waals surface area contributed by atoms with Gasteiger partial charge in [-0.2, -0.15) is 0 Å². The SMILES string of the molecule is Cc1ccc(S(=O)(=O)[O-])cc1.O=C1CC[C@@H](Cn2cc[n+](Cc3ccccc3)c2)N1. The van der Waals surface area contributed by atoms with E-state index in [0.29, 0.717) is 6.42 Å². The lowest BCUT2D eigenvalue weighted by molar-refractivity contribution is -0.687. The normalized spacial score (nSPS) is 15.9. The van der Waals surface area contributed by atoms with Crippen LogP contribution in [-0.4, -0.2) is 29.5 Å². The van der Waals surface area contributed by atoms with E-state index in [1.165, 1.54) is 17.7 Å². The molecule has 3 aromatic rings. The van der Waals surface area contributed by atoms with Crippen LogP contribution in [0.5, 0.6) is 0 Å². The second-order valence-corrected chi connectivity index (χ2v) is 8.72. The Labute approximate surface area is 176 Å². The van der Waals surface area contributed by atoms with E-state index < -0.39 is 10.1 Å². The largest absolute Gasteiger partial charge is 0.744 e. The number of nitrogens with zero attached hydrogens (tertiary/aromatic N) is 2. The molecule has 0 spiro atoms. The first-order valence-electron chi connectivity index (χ1n) is 9.70. The fourth-order valence-corrected chi connectivity index (χ4v) is 3.68. The number of aromatic nitrogens is 2. The van der Waals surface area contributed by atoms with E-state index in [1.54, 1.807) is 12.1 Å². The first-order chi connectivity index (χ1) is 14.3. The first-order valence-corrected chi connectivity index (χ1v) is 11.1. The molecular weight excluding hydrogens is 402 g/mol. The van der Waals surface area contributed by atoms with Crippen molar-refractivity contribution in [3.63, 3.8) is 0 Å². The fourth-order valence-electron chi connectivity index (χ4n) is 3.21. The summed E-state index contributed by atoms with van der Waals surface area (Å²) in [6.45, 7) is 3.56. The van der Waals surface area contributed by atoms with Crippen molar-refractivity contribution >= 4 is 16.0 Å². The van der Waals surface area contributed by atoms with Crippen molar-refractivity contribution in [3.8, 4) is 0 Å². The van der Waals surface area contributed by atoms with Gasteiger partial charge in [-0.15, -0.1) is 0 Å². The molecule has 0 aliphatic carbocycles.